The third kappa shape index (κ3) is 7.64. The second-order valence-electron chi connectivity index (χ2n) is 4.34. The molecule has 5 nitrogen and oxygen atoms in total. The van der Waals surface area contributed by atoms with Crippen LogP contribution >= 0.6 is 15.9 Å². The van der Waals surface area contributed by atoms with E-state index in [1.807, 2.05) is 0 Å². The van der Waals surface area contributed by atoms with Gasteiger partial charge in [0.15, 0.2) is 0 Å². The van der Waals surface area contributed by atoms with Crippen molar-refractivity contribution in [2.24, 2.45) is 0 Å². The van der Waals surface area contributed by atoms with E-state index in [2.05, 4.69) is 21.2 Å². The molecule has 0 aliphatic rings. The van der Waals surface area contributed by atoms with Gasteiger partial charge in [-0.1, -0.05) is 15.9 Å². The molecular weight excluding hydrogens is 278 g/mol. The lowest BCUT2D eigenvalue weighted by molar-refractivity contribution is -0.154. The number of rotatable bonds is 6. The second-order valence-corrected chi connectivity index (χ2v) is 5.13. The first-order valence-electron chi connectivity index (χ1n) is 5.00. The number of carbonyl (C=O) groups excluding carboxylic acids is 1. The van der Waals surface area contributed by atoms with Gasteiger partial charge in [-0.05, 0) is 27.2 Å². The van der Waals surface area contributed by atoms with E-state index in [0.717, 1.165) is 0 Å². The average Bonchev–Trinajstić information content (AvgIpc) is 2.08. The predicted molar refractivity (Wildman–Crippen MR) is 63.7 cm³/mol. The largest absolute Gasteiger partial charge is 0.480 e. The molecule has 0 aromatic carbocycles. The van der Waals surface area contributed by atoms with Crippen molar-refractivity contribution in [3.05, 3.63) is 0 Å². The summed E-state index contributed by atoms with van der Waals surface area (Å²) in [5, 5.41) is 12.0. The van der Waals surface area contributed by atoms with Gasteiger partial charge < -0.3 is 9.84 Å². The van der Waals surface area contributed by atoms with Crippen LogP contribution in [-0.2, 0) is 14.3 Å². The zero-order valence-corrected chi connectivity index (χ0v) is 11.3. The van der Waals surface area contributed by atoms with Crippen LogP contribution in [0.4, 0.5) is 0 Å². The topological polar surface area (TPSA) is 75.6 Å². The molecule has 94 valence electrons. The van der Waals surface area contributed by atoms with E-state index in [9.17, 15) is 9.59 Å². The molecule has 0 radical (unpaired) electrons. The van der Waals surface area contributed by atoms with Gasteiger partial charge >= 0.3 is 11.9 Å². The van der Waals surface area contributed by atoms with Gasteiger partial charge in [0.25, 0.3) is 0 Å². The normalized spacial score (nSPS) is 13.2. The first-order chi connectivity index (χ1) is 7.26. The Balaban J connectivity index is 4.01. The number of aliphatic carboxylic acids is 1. The first kappa shape index (κ1) is 15.4. The monoisotopic (exact) mass is 295 g/mol. The highest BCUT2D eigenvalue weighted by molar-refractivity contribution is 9.09. The number of carboxylic acids is 1. The Morgan fingerprint density at radius 3 is 2.38 bits per heavy atom. The van der Waals surface area contributed by atoms with E-state index in [-0.39, 0.29) is 6.54 Å². The molecule has 16 heavy (non-hydrogen) atoms. The van der Waals surface area contributed by atoms with Crippen LogP contribution in [0.5, 0.6) is 0 Å². The summed E-state index contributed by atoms with van der Waals surface area (Å²) >= 11 is 3.15. The van der Waals surface area contributed by atoms with Crippen LogP contribution in [0.25, 0.3) is 0 Å². The maximum atomic E-state index is 11.3. The fourth-order valence-corrected chi connectivity index (χ4v) is 1.46. The van der Waals surface area contributed by atoms with Crippen LogP contribution in [0, 0.1) is 0 Å². The van der Waals surface area contributed by atoms with E-state index >= 15 is 0 Å². The molecule has 0 rings (SSSR count). The average molecular weight is 296 g/mol. The summed E-state index contributed by atoms with van der Waals surface area (Å²) in [7, 11) is 0. The minimum Gasteiger partial charge on any atom is -0.480 e. The van der Waals surface area contributed by atoms with E-state index in [4.69, 9.17) is 9.84 Å². The molecule has 0 aromatic rings. The number of nitrogens with one attached hydrogen (secondary N) is 1. The van der Waals surface area contributed by atoms with Crippen molar-refractivity contribution in [1.29, 1.82) is 0 Å². The zero-order valence-electron chi connectivity index (χ0n) is 9.75. The Hall–Kier alpha value is -0.620. The standard InChI is InChI=1S/C10H18BrNO4/c1-10(2,3)16-8(13)6-12-7(4-5-11)9(14)15/h7,12H,4-6H2,1-3H3,(H,14,15). The fraction of sp³-hybridized carbons (Fsp3) is 0.800. The van der Waals surface area contributed by atoms with Gasteiger partial charge in [0.1, 0.15) is 11.6 Å². The van der Waals surface area contributed by atoms with E-state index < -0.39 is 23.6 Å². The van der Waals surface area contributed by atoms with Crippen LogP contribution in [-0.4, -0.2) is 40.6 Å². The first-order valence-corrected chi connectivity index (χ1v) is 6.12. The molecule has 0 saturated heterocycles. The number of hydrogen-bond acceptors (Lipinski definition) is 4. The third-order valence-corrected chi connectivity index (χ3v) is 2.07. The van der Waals surface area contributed by atoms with Gasteiger partial charge in [0, 0.05) is 5.33 Å². The van der Waals surface area contributed by atoms with E-state index in [1.54, 1.807) is 20.8 Å². The zero-order chi connectivity index (χ0) is 12.8. The quantitative estimate of drug-likeness (QED) is 0.568. The molecule has 0 spiro atoms. The number of carbonyl (C=O) groups is 2. The Kier molecular flexibility index (Phi) is 6.59. The van der Waals surface area contributed by atoms with E-state index in [0.29, 0.717) is 11.8 Å². The van der Waals surface area contributed by atoms with Crippen molar-refractivity contribution < 1.29 is 19.4 Å². The lowest BCUT2D eigenvalue weighted by atomic mass is 10.2. The van der Waals surface area contributed by atoms with Gasteiger partial charge in [0.05, 0.1) is 6.54 Å². The van der Waals surface area contributed by atoms with Crippen LogP contribution in [0.1, 0.15) is 27.2 Å². The minimum absolute atomic E-state index is 0.0960. The number of ether oxygens (including phenoxy) is 1. The van der Waals surface area contributed by atoms with Crippen molar-refractivity contribution in [1.82, 2.24) is 5.32 Å². The fourth-order valence-electron chi connectivity index (χ4n) is 1.01. The van der Waals surface area contributed by atoms with E-state index in [1.165, 1.54) is 0 Å². The molecule has 0 aromatic heterocycles. The number of carboxylic acid groups (broad SMARTS) is 1. The molecule has 0 saturated carbocycles. The lowest BCUT2D eigenvalue weighted by Crippen LogP contribution is -2.41. The smallest absolute Gasteiger partial charge is 0.320 e. The summed E-state index contributed by atoms with van der Waals surface area (Å²) in [5.74, 6) is -1.42. The van der Waals surface area contributed by atoms with Crippen LogP contribution < -0.4 is 5.32 Å². The Morgan fingerprint density at radius 2 is 2.00 bits per heavy atom. The van der Waals surface area contributed by atoms with Crippen LogP contribution in [0.2, 0.25) is 0 Å². The lowest BCUT2D eigenvalue weighted by Gasteiger charge is -2.20. The molecule has 1 unspecified atom stereocenters. The summed E-state index contributed by atoms with van der Waals surface area (Å²) in [4.78, 5) is 22.1. The Bertz CT molecular complexity index is 250. The number of hydrogen-bond donors (Lipinski definition) is 2. The Morgan fingerprint density at radius 1 is 1.44 bits per heavy atom. The van der Waals surface area contributed by atoms with Crippen molar-refractivity contribution >= 4 is 27.9 Å². The Labute approximate surface area is 104 Å². The molecule has 0 heterocycles. The van der Waals surface area contributed by atoms with Gasteiger partial charge in [-0.2, -0.15) is 0 Å². The molecule has 6 heteroatoms. The summed E-state index contributed by atoms with van der Waals surface area (Å²) in [6.45, 7) is 5.19. The predicted octanol–water partition coefficient (Wildman–Crippen LogP) is 1.16. The molecular formula is C10H18BrNO4. The molecule has 1 atom stereocenters. The van der Waals surface area contributed by atoms with Crippen molar-refractivity contribution in [3.63, 3.8) is 0 Å². The van der Waals surface area contributed by atoms with Crippen molar-refractivity contribution in [3.8, 4) is 0 Å². The van der Waals surface area contributed by atoms with Crippen LogP contribution in [0.3, 0.4) is 0 Å². The number of esters is 1. The SMILES string of the molecule is CC(C)(C)OC(=O)CNC(CCBr)C(=O)O. The molecule has 0 fully saturated rings. The maximum absolute atomic E-state index is 11.3. The highest BCUT2D eigenvalue weighted by Gasteiger charge is 2.20. The highest BCUT2D eigenvalue weighted by Crippen LogP contribution is 2.06. The van der Waals surface area contributed by atoms with Crippen molar-refractivity contribution in [2.75, 3.05) is 11.9 Å². The highest BCUT2D eigenvalue weighted by atomic mass is 79.9. The summed E-state index contributed by atoms with van der Waals surface area (Å²) in [6, 6.07) is -0.730. The molecule has 0 aliphatic carbocycles. The maximum Gasteiger partial charge on any atom is 0.320 e. The summed E-state index contributed by atoms with van der Waals surface area (Å²) in [5.41, 5.74) is -0.549. The van der Waals surface area contributed by atoms with Gasteiger partial charge in [-0.25, -0.2) is 0 Å². The molecule has 0 aliphatic heterocycles. The van der Waals surface area contributed by atoms with Gasteiger partial charge in [0.2, 0.25) is 0 Å². The third-order valence-electron chi connectivity index (χ3n) is 1.61. The molecule has 0 amide bonds. The molecule has 2 N–H and O–H groups in total. The molecule has 0 bridgehead atoms. The van der Waals surface area contributed by atoms with Gasteiger partial charge in [-0.3, -0.25) is 14.9 Å². The summed E-state index contributed by atoms with van der Waals surface area (Å²) < 4.78 is 5.04. The van der Waals surface area contributed by atoms with Crippen molar-refractivity contribution in [2.45, 2.75) is 38.8 Å². The second kappa shape index (κ2) is 6.85. The minimum atomic E-state index is -0.969. The van der Waals surface area contributed by atoms with Crippen LogP contribution in [0.15, 0.2) is 0 Å². The number of halogens is 1. The van der Waals surface area contributed by atoms with Gasteiger partial charge in [-0.15, -0.1) is 0 Å². The summed E-state index contributed by atoms with van der Waals surface area (Å²) in [6.07, 6.45) is 0.415. The number of alkyl halides is 1.